The molecule has 4 aromatic rings. The van der Waals surface area contributed by atoms with E-state index in [0.29, 0.717) is 38.0 Å². The van der Waals surface area contributed by atoms with Crippen LogP contribution in [0.15, 0.2) is 52.3 Å². The van der Waals surface area contributed by atoms with Crippen molar-refractivity contribution in [2.45, 2.75) is 51.1 Å². The molecule has 16 nitrogen and oxygen atoms in total. The zero-order chi connectivity index (χ0) is 42.6. The highest BCUT2D eigenvalue weighted by atomic mass is 35.5. The van der Waals surface area contributed by atoms with Gasteiger partial charge >= 0.3 is 0 Å². The quantitative estimate of drug-likeness (QED) is 0.215. The highest BCUT2D eigenvalue weighted by Gasteiger charge is 2.38. The minimum atomic E-state index is -1.10. The van der Waals surface area contributed by atoms with Gasteiger partial charge in [-0.1, -0.05) is 41.4 Å². The number of hydrogen-bond acceptors (Lipinski definition) is 10. The molecule has 1 atom stereocenters. The second-order valence-corrected chi connectivity index (χ2v) is 15.9. The number of hydrogen-bond donors (Lipinski definition) is 4. The van der Waals surface area contributed by atoms with Crippen LogP contribution in [0.5, 0.6) is 11.5 Å². The summed E-state index contributed by atoms with van der Waals surface area (Å²) >= 11 is 12.2. The number of aromatic nitrogens is 2. The fourth-order valence-electron chi connectivity index (χ4n) is 8.16. The average molecular weight is 868 g/mol. The van der Waals surface area contributed by atoms with Gasteiger partial charge in [-0.15, -0.1) is 0 Å². The van der Waals surface area contributed by atoms with E-state index >= 15 is 4.39 Å². The summed E-state index contributed by atoms with van der Waals surface area (Å²) in [6.07, 6.45) is 5.79. The molecule has 4 bridgehead atoms. The van der Waals surface area contributed by atoms with Gasteiger partial charge in [-0.2, -0.15) is 0 Å². The number of nitrogens with zero attached hydrogens (tertiary/aromatic N) is 6. The molecule has 2 aromatic heterocycles. The van der Waals surface area contributed by atoms with E-state index < -0.39 is 81.2 Å². The third-order valence-electron chi connectivity index (χ3n) is 11.3. The number of halogens is 4. The molecule has 0 spiro atoms. The molecule has 20 heteroatoms. The van der Waals surface area contributed by atoms with Gasteiger partial charge < -0.3 is 30.6 Å². The van der Waals surface area contributed by atoms with Crippen molar-refractivity contribution in [3.8, 4) is 11.5 Å². The summed E-state index contributed by atoms with van der Waals surface area (Å²) in [5, 5.41) is 30.0. The van der Waals surface area contributed by atoms with Gasteiger partial charge in [-0.05, 0) is 49.8 Å². The van der Waals surface area contributed by atoms with Crippen LogP contribution in [0.1, 0.15) is 96.4 Å². The minimum absolute atomic E-state index is 0.00148. The van der Waals surface area contributed by atoms with E-state index in [9.17, 15) is 43.4 Å². The molecular weight excluding hydrogens is 829 g/mol. The topological polar surface area (TPSA) is 190 Å². The fourth-order valence-corrected chi connectivity index (χ4v) is 8.60. The number of nitrogens with one attached hydrogen (secondary N) is 2. The molecule has 2 saturated heterocycles. The van der Waals surface area contributed by atoms with Gasteiger partial charge in [0.05, 0.1) is 10.0 Å². The van der Waals surface area contributed by atoms with Crippen molar-refractivity contribution in [1.82, 2.24) is 29.8 Å². The smallest absolute Gasteiger partial charge is 0.277 e. The van der Waals surface area contributed by atoms with E-state index in [2.05, 4.69) is 10.6 Å². The Bertz CT molecular complexity index is 2600. The van der Waals surface area contributed by atoms with Crippen LogP contribution in [0.4, 0.5) is 8.78 Å². The third-order valence-corrected chi connectivity index (χ3v) is 11.9. The maximum absolute atomic E-state index is 15.5. The molecule has 60 heavy (non-hydrogen) atoms. The number of rotatable bonds is 7. The lowest BCUT2D eigenvalue weighted by atomic mass is 9.91. The Morgan fingerprint density at radius 3 is 1.90 bits per heavy atom. The first kappa shape index (κ1) is 40.6. The van der Waals surface area contributed by atoms with Gasteiger partial charge in [-0.25, -0.2) is 8.78 Å². The molecule has 2 fully saturated rings. The van der Waals surface area contributed by atoms with Gasteiger partial charge in [0, 0.05) is 68.7 Å². The lowest BCUT2D eigenvalue weighted by Gasteiger charge is -2.43. The molecule has 4 aliphatic rings. The van der Waals surface area contributed by atoms with Crippen molar-refractivity contribution in [3.05, 3.63) is 124 Å². The Morgan fingerprint density at radius 2 is 1.25 bits per heavy atom. The molecule has 0 saturated carbocycles. The number of benzene rings is 2. The van der Waals surface area contributed by atoms with Gasteiger partial charge in [-0.3, -0.25) is 48.1 Å². The second-order valence-electron chi connectivity index (χ2n) is 15.1. The van der Waals surface area contributed by atoms with Crippen LogP contribution in [0.25, 0.3) is 0 Å². The number of aromatic hydroxyl groups is 2. The monoisotopic (exact) mass is 866 g/mol. The first-order chi connectivity index (χ1) is 28.7. The first-order valence-corrected chi connectivity index (χ1v) is 20.0. The maximum atomic E-state index is 15.5. The number of amides is 4. The Hall–Kier alpha value is -6.14. The predicted molar refractivity (Wildman–Crippen MR) is 214 cm³/mol. The van der Waals surface area contributed by atoms with Crippen molar-refractivity contribution >= 4 is 46.8 Å². The molecule has 2 aromatic carbocycles. The predicted octanol–water partition coefficient (Wildman–Crippen LogP) is 3.33. The Kier molecular flexibility index (Phi) is 10.9. The van der Waals surface area contributed by atoms with E-state index in [-0.39, 0.29) is 59.0 Å². The molecule has 8 rings (SSSR count). The zero-order valence-corrected chi connectivity index (χ0v) is 33.4. The van der Waals surface area contributed by atoms with Crippen LogP contribution in [-0.4, -0.2) is 92.5 Å². The molecule has 4 aliphatic heterocycles. The molecule has 4 N–H and O–H groups in total. The highest BCUT2D eigenvalue weighted by molar-refractivity contribution is 6.31. The van der Waals surface area contributed by atoms with Crippen LogP contribution >= 0.6 is 23.2 Å². The van der Waals surface area contributed by atoms with Gasteiger partial charge in [0.25, 0.3) is 23.6 Å². The van der Waals surface area contributed by atoms with E-state index in [0.717, 1.165) is 19.3 Å². The average Bonchev–Trinajstić information content (AvgIpc) is 3.20. The van der Waals surface area contributed by atoms with Crippen LogP contribution in [0.2, 0.25) is 10.0 Å². The van der Waals surface area contributed by atoms with Crippen LogP contribution in [0.3, 0.4) is 0 Å². The van der Waals surface area contributed by atoms with Crippen molar-refractivity contribution < 1.29 is 38.2 Å². The second kappa shape index (κ2) is 16.1. The van der Waals surface area contributed by atoms with Crippen molar-refractivity contribution in [2.24, 2.45) is 0 Å². The molecule has 4 amide bonds. The van der Waals surface area contributed by atoms with Gasteiger partial charge in [0.1, 0.15) is 36.1 Å². The number of carbonyl (C=O) groups excluding carboxylic acids is 4. The van der Waals surface area contributed by atoms with E-state index in [1.54, 1.807) is 14.9 Å². The molecule has 6 heterocycles. The largest absolute Gasteiger partial charge is 0.502 e. The third kappa shape index (κ3) is 7.27. The molecule has 0 aliphatic carbocycles. The zero-order valence-electron chi connectivity index (χ0n) is 31.9. The number of fused-ring (bicyclic) bond motifs is 8. The fraction of sp³-hybridized carbons (Fsp3) is 0.350. The minimum Gasteiger partial charge on any atom is -0.502 e. The summed E-state index contributed by atoms with van der Waals surface area (Å²) in [6, 6.07) is 7.19. The molecule has 314 valence electrons. The maximum Gasteiger partial charge on any atom is 0.277 e. The van der Waals surface area contributed by atoms with Crippen molar-refractivity contribution in [3.63, 3.8) is 0 Å². The lowest BCUT2D eigenvalue weighted by molar-refractivity contribution is 0.0655. The standard InChI is InChI=1S/C40H38Cl2F2N8O8/c41-27-8-4-6-21(29(27)43)14-45-37(57)25-18-52-32(36(56)34(25)54)40(60)48-16-22(7-5-11-50(52)20-48)23-12-24(30(44)28(42)13-23)15-46-38(58)26-17-51-31(35(55)33(26)53)39(59)47-9-2-1-3-10-49(51)19-47/h4,6,8,12-13,17-18,22,55-56H,1-3,5,7,9-11,14-16,19-20H2,(H,45,57)(H,46,58). The molecular formula is C40H38Cl2F2N8O8. The summed E-state index contributed by atoms with van der Waals surface area (Å²) in [7, 11) is 0. The summed E-state index contributed by atoms with van der Waals surface area (Å²) < 4.78 is 32.5. The van der Waals surface area contributed by atoms with E-state index in [1.165, 1.54) is 57.0 Å². The Balaban J connectivity index is 1.000. The first-order valence-electron chi connectivity index (χ1n) is 19.3. The molecule has 1 unspecified atom stereocenters. The van der Waals surface area contributed by atoms with Crippen LogP contribution in [0, 0.1) is 11.6 Å². The normalized spacial score (nSPS) is 17.6. The summed E-state index contributed by atoms with van der Waals surface area (Å²) in [5.74, 6) is -6.81. The van der Waals surface area contributed by atoms with Crippen LogP contribution in [-0.2, 0) is 13.1 Å². The number of carbonyl (C=O) groups is 4. The lowest BCUT2D eigenvalue weighted by Crippen LogP contribution is -2.56. The van der Waals surface area contributed by atoms with Crippen molar-refractivity contribution in [2.75, 3.05) is 49.5 Å². The van der Waals surface area contributed by atoms with Gasteiger partial charge in [0.15, 0.2) is 22.9 Å². The summed E-state index contributed by atoms with van der Waals surface area (Å²) in [6.45, 7) is 0.847. The highest BCUT2D eigenvalue weighted by Crippen LogP contribution is 2.33. The summed E-state index contributed by atoms with van der Waals surface area (Å²) in [4.78, 5) is 83.0. The SMILES string of the molecule is O=C(NCc1cc(C2CCCN3CN(C2)C(=O)c2c(O)c(=O)c(C(=O)NCc4cccc(Cl)c4F)cn23)cc(Cl)c1F)c1cn2c(c(O)c1=O)C(=O)N1CCCCCN2C1. The van der Waals surface area contributed by atoms with E-state index in [4.69, 9.17) is 23.2 Å². The van der Waals surface area contributed by atoms with Crippen molar-refractivity contribution in [1.29, 1.82) is 0 Å². The van der Waals surface area contributed by atoms with E-state index in [1.807, 2.05) is 0 Å². The van der Waals surface area contributed by atoms with Gasteiger partial charge in [0.2, 0.25) is 10.9 Å². The van der Waals surface area contributed by atoms with Crippen LogP contribution < -0.4 is 31.5 Å². The number of pyridine rings is 2. The Morgan fingerprint density at radius 1 is 0.700 bits per heavy atom. The molecule has 0 radical (unpaired) electrons. The Labute approximate surface area is 350 Å². The summed E-state index contributed by atoms with van der Waals surface area (Å²) in [5.41, 5.74) is -3.05.